The number of rotatable bonds is 10. The van der Waals surface area contributed by atoms with Crippen LogP contribution in [0, 0.1) is 0 Å². The lowest BCUT2D eigenvalue weighted by atomic mass is 10.5. The summed E-state index contributed by atoms with van der Waals surface area (Å²) in [6, 6.07) is 0.705. The van der Waals surface area contributed by atoms with Crippen LogP contribution in [0.15, 0.2) is 17.1 Å². The Hall–Kier alpha value is -1.02. The van der Waals surface area contributed by atoms with Crippen LogP contribution >= 0.6 is 0 Å². The third kappa shape index (κ3) is 5.54. The largest absolute Gasteiger partial charge is 0.500 e. The van der Waals surface area contributed by atoms with E-state index in [1.54, 1.807) is 6.08 Å². The maximum Gasteiger partial charge on any atom is 0.500 e. The zero-order valence-corrected chi connectivity index (χ0v) is 13.4. The molecule has 0 fully saturated rings. The van der Waals surface area contributed by atoms with Crippen molar-refractivity contribution in [2.45, 2.75) is 33.2 Å². The molecule has 6 nitrogen and oxygen atoms in total. The first-order chi connectivity index (χ1) is 9.65. The Bertz CT molecular complexity index is 353. The number of hydrogen-bond acceptors (Lipinski definition) is 6. The third-order valence-corrected chi connectivity index (χ3v) is 5.72. The van der Waals surface area contributed by atoms with Gasteiger partial charge in [-0.2, -0.15) is 0 Å². The van der Waals surface area contributed by atoms with E-state index in [4.69, 9.17) is 18.0 Å². The SMILES string of the molecule is CCO[Si](CCC/N=C1/C=CC(=O)O1)(OCC)OCC. The number of cyclic esters (lactones) is 1. The second-order valence-corrected chi connectivity index (χ2v) is 6.79. The van der Waals surface area contributed by atoms with Crippen LogP contribution in [0.1, 0.15) is 27.2 Å². The van der Waals surface area contributed by atoms with Crippen LogP contribution in [-0.2, 0) is 22.8 Å². The van der Waals surface area contributed by atoms with Gasteiger partial charge in [0, 0.05) is 44.6 Å². The minimum atomic E-state index is -2.58. The highest BCUT2D eigenvalue weighted by Crippen LogP contribution is 2.18. The molecule has 0 N–H and O–H groups in total. The summed E-state index contributed by atoms with van der Waals surface area (Å²) in [5.41, 5.74) is 0. The minimum Gasteiger partial charge on any atom is -0.405 e. The summed E-state index contributed by atoms with van der Waals surface area (Å²) in [5, 5.41) is 0. The number of ether oxygens (including phenoxy) is 1. The molecule has 0 bridgehead atoms. The quantitative estimate of drug-likeness (QED) is 0.350. The van der Waals surface area contributed by atoms with Crippen molar-refractivity contribution in [3.63, 3.8) is 0 Å². The summed E-state index contributed by atoms with van der Waals surface area (Å²) < 4.78 is 22.1. The molecule has 0 saturated heterocycles. The van der Waals surface area contributed by atoms with Crippen LogP contribution in [0.3, 0.4) is 0 Å². The van der Waals surface area contributed by atoms with E-state index in [0.717, 1.165) is 6.42 Å². The van der Waals surface area contributed by atoms with E-state index in [2.05, 4.69) is 4.99 Å². The molecule has 20 heavy (non-hydrogen) atoms. The number of carbonyl (C=O) groups excluding carboxylic acids is 1. The van der Waals surface area contributed by atoms with Crippen LogP contribution in [0.25, 0.3) is 0 Å². The molecule has 7 heteroatoms. The molecule has 1 aliphatic rings. The number of nitrogens with zero attached hydrogens (tertiary/aromatic N) is 1. The maximum absolute atomic E-state index is 10.9. The van der Waals surface area contributed by atoms with Gasteiger partial charge in [-0.1, -0.05) is 0 Å². The topological polar surface area (TPSA) is 66.4 Å². The zero-order valence-electron chi connectivity index (χ0n) is 12.4. The molecule has 0 saturated carbocycles. The van der Waals surface area contributed by atoms with Crippen LogP contribution in [0.4, 0.5) is 0 Å². The predicted molar refractivity (Wildman–Crippen MR) is 77.6 cm³/mol. The Morgan fingerprint density at radius 1 is 1.10 bits per heavy atom. The lowest BCUT2D eigenvalue weighted by Crippen LogP contribution is -2.46. The molecule has 1 rings (SSSR count). The lowest BCUT2D eigenvalue weighted by Gasteiger charge is -2.28. The van der Waals surface area contributed by atoms with Gasteiger partial charge in [-0.05, 0) is 27.2 Å². The van der Waals surface area contributed by atoms with Gasteiger partial charge in [0.05, 0.1) is 0 Å². The number of hydrogen-bond donors (Lipinski definition) is 0. The molecule has 0 aromatic carbocycles. The molecule has 1 heterocycles. The van der Waals surface area contributed by atoms with E-state index in [1.165, 1.54) is 6.08 Å². The molecule has 0 amide bonds. The predicted octanol–water partition coefficient (Wildman–Crippen LogP) is 1.94. The van der Waals surface area contributed by atoms with Crippen molar-refractivity contribution in [2.75, 3.05) is 26.4 Å². The summed E-state index contributed by atoms with van der Waals surface area (Å²) >= 11 is 0. The highest BCUT2D eigenvalue weighted by atomic mass is 28.4. The van der Waals surface area contributed by atoms with Gasteiger partial charge >= 0.3 is 14.8 Å². The molecule has 0 aliphatic carbocycles. The smallest absolute Gasteiger partial charge is 0.405 e. The summed E-state index contributed by atoms with van der Waals surface area (Å²) in [5.74, 6) is -0.00285. The molecule has 0 aromatic heterocycles. The highest BCUT2D eigenvalue weighted by molar-refractivity contribution is 6.60. The molecule has 114 valence electrons. The standard InChI is InChI=1S/C13H23NO5Si/c1-4-16-20(17-5-2,18-6-3)11-7-10-14-12-8-9-13(15)19-12/h8-9H,4-7,10-11H2,1-3H3/b14-12-. The first kappa shape index (κ1) is 17.0. The Morgan fingerprint density at radius 3 is 2.15 bits per heavy atom. The van der Waals surface area contributed by atoms with Crippen molar-refractivity contribution >= 4 is 20.7 Å². The Morgan fingerprint density at radius 2 is 1.70 bits per heavy atom. The van der Waals surface area contributed by atoms with E-state index < -0.39 is 8.80 Å². The van der Waals surface area contributed by atoms with Gasteiger partial charge in [0.1, 0.15) is 0 Å². The summed E-state index contributed by atoms with van der Waals surface area (Å²) in [6.45, 7) is 8.06. The summed E-state index contributed by atoms with van der Waals surface area (Å²) in [7, 11) is -2.58. The first-order valence-electron chi connectivity index (χ1n) is 7.02. The number of carbonyl (C=O) groups is 1. The Balaban J connectivity index is 2.44. The van der Waals surface area contributed by atoms with Crippen LogP contribution in [-0.4, -0.2) is 47.0 Å². The molecule has 0 atom stereocenters. The monoisotopic (exact) mass is 301 g/mol. The highest BCUT2D eigenvalue weighted by Gasteiger charge is 2.39. The van der Waals surface area contributed by atoms with E-state index in [-0.39, 0.29) is 5.97 Å². The maximum atomic E-state index is 10.9. The van der Waals surface area contributed by atoms with E-state index >= 15 is 0 Å². The molecular weight excluding hydrogens is 278 g/mol. The fourth-order valence-electron chi connectivity index (χ4n) is 1.88. The van der Waals surface area contributed by atoms with Crippen molar-refractivity contribution in [2.24, 2.45) is 4.99 Å². The molecule has 0 radical (unpaired) electrons. The van der Waals surface area contributed by atoms with Gasteiger partial charge in [-0.15, -0.1) is 0 Å². The average molecular weight is 301 g/mol. The van der Waals surface area contributed by atoms with Gasteiger partial charge in [0.15, 0.2) is 0 Å². The molecular formula is C13H23NO5Si. The molecule has 0 unspecified atom stereocenters. The van der Waals surface area contributed by atoms with E-state index in [0.29, 0.717) is 38.3 Å². The van der Waals surface area contributed by atoms with E-state index in [9.17, 15) is 4.79 Å². The fourth-order valence-corrected chi connectivity index (χ4v) is 4.48. The average Bonchev–Trinajstić information content (AvgIpc) is 2.82. The summed E-state index contributed by atoms with van der Waals surface area (Å²) in [4.78, 5) is 15.1. The normalized spacial score (nSPS) is 16.9. The van der Waals surface area contributed by atoms with Gasteiger partial charge in [-0.3, -0.25) is 4.99 Å². The fraction of sp³-hybridized carbons (Fsp3) is 0.692. The zero-order chi connectivity index (χ0) is 14.8. The van der Waals surface area contributed by atoms with Crippen LogP contribution in [0.2, 0.25) is 6.04 Å². The van der Waals surface area contributed by atoms with Crippen molar-refractivity contribution in [3.05, 3.63) is 12.2 Å². The minimum absolute atomic E-state index is 0.367. The summed E-state index contributed by atoms with van der Waals surface area (Å²) in [6.07, 6.45) is 3.69. The Labute approximate surface area is 121 Å². The molecule has 0 aromatic rings. The first-order valence-corrected chi connectivity index (χ1v) is 8.95. The van der Waals surface area contributed by atoms with Gasteiger partial charge in [0.25, 0.3) is 0 Å². The van der Waals surface area contributed by atoms with Crippen molar-refractivity contribution in [1.82, 2.24) is 0 Å². The molecule has 1 aliphatic heterocycles. The molecule has 0 spiro atoms. The van der Waals surface area contributed by atoms with Crippen molar-refractivity contribution in [3.8, 4) is 0 Å². The lowest BCUT2D eigenvalue weighted by molar-refractivity contribution is -0.129. The Kier molecular flexibility index (Phi) is 7.67. The number of esters is 1. The van der Waals surface area contributed by atoms with Gasteiger partial charge < -0.3 is 18.0 Å². The van der Waals surface area contributed by atoms with Gasteiger partial charge in [-0.25, -0.2) is 4.79 Å². The van der Waals surface area contributed by atoms with Crippen LogP contribution < -0.4 is 0 Å². The number of aliphatic imine (C=N–C) groups is 1. The van der Waals surface area contributed by atoms with Crippen LogP contribution in [0.5, 0.6) is 0 Å². The second kappa shape index (κ2) is 9.01. The van der Waals surface area contributed by atoms with Crippen molar-refractivity contribution < 1.29 is 22.8 Å². The van der Waals surface area contributed by atoms with E-state index in [1.807, 2.05) is 20.8 Å². The second-order valence-electron chi connectivity index (χ2n) is 4.06. The van der Waals surface area contributed by atoms with Gasteiger partial charge in [0.2, 0.25) is 5.90 Å². The third-order valence-electron chi connectivity index (χ3n) is 2.57. The van der Waals surface area contributed by atoms with Crippen molar-refractivity contribution in [1.29, 1.82) is 0 Å².